The van der Waals surface area contributed by atoms with Crippen LogP contribution in [0, 0.1) is 5.41 Å². The molecule has 8 nitrogen and oxygen atoms in total. The monoisotopic (exact) mass is 314 g/mol. The third-order valence-electron chi connectivity index (χ3n) is 2.44. The van der Waals surface area contributed by atoms with Crippen molar-refractivity contribution in [1.82, 2.24) is 10.6 Å². The van der Waals surface area contributed by atoms with Crippen molar-refractivity contribution in [3.8, 4) is 0 Å². The molecule has 0 bridgehead atoms. The zero-order valence-corrected chi connectivity index (χ0v) is 13.4. The number of ether oxygens (including phenoxy) is 2. The van der Waals surface area contributed by atoms with E-state index < -0.39 is 29.3 Å². The molecular formula is C14H22N2O6. The lowest BCUT2D eigenvalue weighted by Gasteiger charge is -2.21. The van der Waals surface area contributed by atoms with E-state index in [0.29, 0.717) is 0 Å². The Labute approximate surface area is 129 Å². The molecule has 0 aromatic carbocycles. The molecule has 22 heavy (non-hydrogen) atoms. The lowest BCUT2D eigenvalue weighted by molar-refractivity contribution is -0.141. The number of methoxy groups -OCH3 is 1. The molecule has 0 spiro atoms. The molecule has 0 saturated carbocycles. The second kappa shape index (κ2) is 8.81. The maximum absolute atomic E-state index is 11.7. The first-order valence-corrected chi connectivity index (χ1v) is 6.59. The average molecular weight is 314 g/mol. The summed E-state index contributed by atoms with van der Waals surface area (Å²) in [4.78, 5) is 45.3. The molecule has 1 atom stereocenters. The molecule has 0 aliphatic rings. The van der Waals surface area contributed by atoms with E-state index in [1.807, 2.05) is 0 Å². The Bertz CT molecular complexity index is 464. The maximum Gasteiger partial charge on any atom is 0.332 e. The highest BCUT2D eigenvalue weighted by Gasteiger charge is 2.24. The minimum Gasteiger partial charge on any atom is -0.466 e. The Morgan fingerprint density at radius 3 is 2.14 bits per heavy atom. The lowest BCUT2D eigenvalue weighted by atomic mass is 9.95. The fourth-order valence-electron chi connectivity index (χ4n) is 1.06. The predicted octanol–water partition coefficient (Wildman–Crippen LogP) is -0.117. The van der Waals surface area contributed by atoms with Gasteiger partial charge in [-0.1, -0.05) is 20.8 Å². The first kappa shape index (κ1) is 19.6. The van der Waals surface area contributed by atoms with Crippen LogP contribution in [0.5, 0.6) is 0 Å². The molecule has 0 rings (SSSR count). The summed E-state index contributed by atoms with van der Waals surface area (Å²) in [5, 5.41) is 4.86. The normalized spacial score (nSPS) is 12.4. The molecule has 0 aliphatic carbocycles. The van der Waals surface area contributed by atoms with Crippen LogP contribution in [0.3, 0.4) is 0 Å². The molecule has 0 heterocycles. The summed E-state index contributed by atoms with van der Waals surface area (Å²) in [5.74, 6) is -2.27. The van der Waals surface area contributed by atoms with Crippen molar-refractivity contribution >= 4 is 23.8 Å². The number of rotatable bonds is 6. The van der Waals surface area contributed by atoms with E-state index in [2.05, 4.69) is 20.1 Å². The largest absolute Gasteiger partial charge is 0.466 e. The Balaban J connectivity index is 4.13. The van der Waals surface area contributed by atoms with Crippen molar-refractivity contribution in [2.75, 3.05) is 13.8 Å². The van der Waals surface area contributed by atoms with Gasteiger partial charge in [0, 0.05) is 17.6 Å². The molecule has 0 radical (unpaired) electrons. The highest BCUT2D eigenvalue weighted by molar-refractivity contribution is 5.92. The molecule has 0 unspecified atom stereocenters. The van der Waals surface area contributed by atoms with Crippen molar-refractivity contribution in [3.63, 3.8) is 0 Å². The van der Waals surface area contributed by atoms with Crippen LogP contribution in [0.25, 0.3) is 0 Å². The fraction of sp³-hybridized carbons (Fsp3) is 0.571. The second-order valence-corrected chi connectivity index (χ2v) is 5.45. The molecule has 0 aromatic heterocycles. The number of carbonyl (C=O) groups is 4. The molecule has 2 amide bonds. The van der Waals surface area contributed by atoms with Crippen LogP contribution in [0.4, 0.5) is 0 Å². The molecule has 0 aliphatic heterocycles. The summed E-state index contributed by atoms with van der Waals surface area (Å²) in [5.41, 5.74) is -0.611. The number of nitrogens with one attached hydrogen (secondary N) is 2. The summed E-state index contributed by atoms with van der Waals surface area (Å²) in [6.07, 6.45) is 1.78. The van der Waals surface area contributed by atoms with Crippen LogP contribution in [0.2, 0.25) is 0 Å². The molecule has 0 saturated heterocycles. The zero-order chi connectivity index (χ0) is 17.3. The van der Waals surface area contributed by atoms with Crippen molar-refractivity contribution in [1.29, 1.82) is 0 Å². The summed E-state index contributed by atoms with van der Waals surface area (Å²) >= 11 is 0. The fourth-order valence-corrected chi connectivity index (χ4v) is 1.06. The van der Waals surface area contributed by atoms with E-state index in [0.717, 1.165) is 12.2 Å². The minimum atomic E-state index is -0.808. The van der Waals surface area contributed by atoms with Crippen LogP contribution in [0.15, 0.2) is 12.2 Å². The first-order valence-electron chi connectivity index (χ1n) is 6.59. The van der Waals surface area contributed by atoms with E-state index in [4.69, 9.17) is 0 Å². The van der Waals surface area contributed by atoms with Gasteiger partial charge in [0.1, 0.15) is 6.04 Å². The van der Waals surface area contributed by atoms with Gasteiger partial charge in [0.05, 0.1) is 7.11 Å². The van der Waals surface area contributed by atoms with Crippen molar-refractivity contribution in [2.45, 2.75) is 33.7 Å². The van der Waals surface area contributed by atoms with Gasteiger partial charge in [-0.25, -0.2) is 9.59 Å². The van der Waals surface area contributed by atoms with Crippen molar-refractivity contribution < 1.29 is 28.7 Å². The minimum absolute atomic E-state index is 0.270. The SMILES string of the molecule is COC(=O)/C=C/C(=O)OCNC(=O)[C@H](C)NC(=O)C(C)(C)C. The third kappa shape index (κ3) is 8.03. The molecule has 2 N–H and O–H groups in total. The maximum atomic E-state index is 11.7. The zero-order valence-electron chi connectivity index (χ0n) is 13.4. The standard InChI is InChI=1S/C14H22N2O6/c1-9(16-13(20)14(2,3)4)12(19)15-8-22-11(18)7-6-10(17)21-5/h6-7,9H,8H2,1-5H3,(H,15,19)(H,16,20)/b7-6+/t9-/m0/s1. The topological polar surface area (TPSA) is 111 Å². The van der Waals surface area contributed by atoms with Gasteiger partial charge in [-0.05, 0) is 6.92 Å². The van der Waals surface area contributed by atoms with Gasteiger partial charge in [-0.2, -0.15) is 0 Å². The van der Waals surface area contributed by atoms with Gasteiger partial charge < -0.3 is 20.1 Å². The third-order valence-corrected chi connectivity index (χ3v) is 2.44. The van der Waals surface area contributed by atoms with Crippen LogP contribution in [0.1, 0.15) is 27.7 Å². The summed E-state index contributed by atoms with van der Waals surface area (Å²) in [6.45, 7) is 6.31. The smallest absolute Gasteiger partial charge is 0.332 e. The van der Waals surface area contributed by atoms with Crippen LogP contribution < -0.4 is 10.6 Å². The van der Waals surface area contributed by atoms with Crippen molar-refractivity contribution in [2.24, 2.45) is 5.41 Å². The number of hydrogen-bond acceptors (Lipinski definition) is 6. The van der Waals surface area contributed by atoms with Gasteiger partial charge in [0.25, 0.3) is 0 Å². The lowest BCUT2D eigenvalue weighted by Crippen LogP contribution is -2.48. The molecule has 0 aromatic rings. The second-order valence-electron chi connectivity index (χ2n) is 5.45. The summed E-state index contributed by atoms with van der Waals surface area (Å²) < 4.78 is 8.95. The Morgan fingerprint density at radius 1 is 1.09 bits per heavy atom. The van der Waals surface area contributed by atoms with Gasteiger partial charge >= 0.3 is 11.9 Å². The Morgan fingerprint density at radius 2 is 1.64 bits per heavy atom. The Kier molecular flexibility index (Phi) is 7.85. The van der Waals surface area contributed by atoms with Gasteiger partial charge in [0.15, 0.2) is 6.73 Å². The van der Waals surface area contributed by atoms with E-state index in [-0.39, 0.29) is 12.6 Å². The van der Waals surface area contributed by atoms with Crippen LogP contribution >= 0.6 is 0 Å². The molecule has 0 fully saturated rings. The Hall–Kier alpha value is -2.38. The molecular weight excluding hydrogens is 292 g/mol. The van der Waals surface area contributed by atoms with Crippen LogP contribution in [-0.2, 0) is 28.7 Å². The van der Waals surface area contributed by atoms with E-state index >= 15 is 0 Å². The summed E-state index contributed by atoms with van der Waals surface area (Å²) in [7, 11) is 1.17. The molecule has 8 heteroatoms. The van der Waals surface area contributed by atoms with Gasteiger partial charge in [-0.3, -0.25) is 9.59 Å². The van der Waals surface area contributed by atoms with E-state index in [1.165, 1.54) is 14.0 Å². The number of amides is 2. The average Bonchev–Trinajstić information content (AvgIpc) is 2.43. The van der Waals surface area contributed by atoms with E-state index in [1.54, 1.807) is 20.8 Å². The van der Waals surface area contributed by atoms with Crippen molar-refractivity contribution in [3.05, 3.63) is 12.2 Å². The highest BCUT2D eigenvalue weighted by atomic mass is 16.5. The molecule has 124 valence electrons. The van der Waals surface area contributed by atoms with Gasteiger partial charge in [0.2, 0.25) is 11.8 Å². The highest BCUT2D eigenvalue weighted by Crippen LogP contribution is 2.12. The van der Waals surface area contributed by atoms with Gasteiger partial charge in [-0.15, -0.1) is 0 Å². The van der Waals surface area contributed by atoms with Crippen LogP contribution in [-0.4, -0.2) is 43.6 Å². The summed E-state index contributed by atoms with van der Waals surface area (Å²) in [6, 6.07) is -0.768. The first-order chi connectivity index (χ1) is 10.1. The number of esters is 2. The van der Waals surface area contributed by atoms with E-state index in [9.17, 15) is 19.2 Å². The quantitative estimate of drug-likeness (QED) is 0.402. The number of carbonyl (C=O) groups excluding carboxylic acids is 4. The predicted molar refractivity (Wildman–Crippen MR) is 77.3 cm³/mol. The number of hydrogen-bond donors (Lipinski definition) is 2.